The number of hydrogen-bond acceptors (Lipinski definition) is 6. The summed E-state index contributed by atoms with van der Waals surface area (Å²) in [5.41, 5.74) is 2.69. The highest BCUT2D eigenvalue weighted by atomic mass is 32.2. The standard InChI is InChI=1S/C34H31N3O6S/c1-21-16-17-25(34(41)42)19-28(21)36-31(38)22(2)44-27-14-9-13-26(20-27)35-33(40)29(18-24-12-7-8-15-30(24)43-3)37-32(39)23-10-5-4-6-11-23/h4-20,22H,1-3H3,(H,35,40)(H,36,38)(H,37,39)(H,41,42)/b29-18+. The van der Waals surface area contributed by atoms with Crippen LogP contribution in [0.15, 0.2) is 108 Å². The zero-order chi connectivity index (χ0) is 31.6. The molecule has 0 aromatic heterocycles. The van der Waals surface area contributed by atoms with Crippen molar-refractivity contribution in [2.75, 3.05) is 17.7 Å². The van der Waals surface area contributed by atoms with Crippen molar-refractivity contribution in [1.29, 1.82) is 0 Å². The van der Waals surface area contributed by atoms with Gasteiger partial charge in [0, 0.05) is 27.4 Å². The number of methoxy groups -OCH3 is 1. The van der Waals surface area contributed by atoms with Crippen LogP contribution >= 0.6 is 11.8 Å². The van der Waals surface area contributed by atoms with Gasteiger partial charge >= 0.3 is 5.97 Å². The lowest BCUT2D eigenvalue weighted by molar-refractivity contribution is -0.115. The number of carbonyl (C=O) groups is 4. The third-order valence-electron chi connectivity index (χ3n) is 6.48. The molecule has 0 saturated carbocycles. The van der Waals surface area contributed by atoms with Crippen molar-refractivity contribution in [2.24, 2.45) is 0 Å². The highest BCUT2D eigenvalue weighted by Gasteiger charge is 2.19. The van der Waals surface area contributed by atoms with E-state index in [1.54, 1.807) is 98.8 Å². The van der Waals surface area contributed by atoms with Crippen molar-refractivity contribution in [3.63, 3.8) is 0 Å². The Morgan fingerprint density at radius 3 is 2.30 bits per heavy atom. The number of benzene rings is 4. The SMILES string of the molecule is COc1ccccc1/C=C(/NC(=O)c1ccccc1)C(=O)Nc1cccc(SC(C)C(=O)Nc2cc(C(=O)O)ccc2C)c1. The minimum atomic E-state index is -1.08. The average Bonchev–Trinajstić information content (AvgIpc) is 3.02. The molecule has 1 atom stereocenters. The summed E-state index contributed by atoms with van der Waals surface area (Å²) in [6.07, 6.45) is 1.54. The van der Waals surface area contributed by atoms with Gasteiger partial charge < -0.3 is 25.8 Å². The molecule has 44 heavy (non-hydrogen) atoms. The molecule has 0 aliphatic rings. The number of amides is 3. The van der Waals surface area contributed by atoms with E-state index in [0.29, 0.717) is 33.1 Å². The topological polar surface area (TPSA) is 134 Å². The van der Waals surface area contributed by atoms with E-state index in [1.807, 2.05) is 6.07 Å². The van der Waals surface area contributed by atoms with E-state index >= 15 is 0 Å². The normalized spacial score (nSPS) is 11.7. The molecule has 4 rings (SSSR count). The van der Waals surface area contributed by atoms with Gasteiger partial charge in [-0.05, 0) is 74.0 Å². The third kappa shape index (κ3) is 8.36. The fourth-order valence-corrected chi connectivity index (χ4v) is 5.04. The van der Waals surface area contributed by atoms with E-state index in [2.05, 4.69) is 16.0 Å². The first-order chi connectivity index (χ1) is 21.1. The molecule has 224 valence electrons. The number of carboxylic acid groups (broad SMARTS) is 1. The van der Waals surface area contributed by atoms with Crippen LogP contribution < -0.4 is 20.7 Å². The molecule has 0 radical (unpaired) electrons. The van der Waals surface area contributed by atoms with Crippen LogP contribution in [0.4, 0.5) is 11.4 Å². The molecule has 1 unspecified atom stereocenters. The van der Waals surface area contributed by atoms with Gasteiger partial charge in [0.25, 0.3) is 11.8 Å². The Morgan fingerprint density at radius 2 is 1.57 bits per heavy atom. The fraction of sp³-hybridized carbons (Fsp3) is 0.118. The Hall–Kier alpha value is -5.35. The highest BCUT2D eigenvalue weighted by Crippen LogP contribution is 2.28. The fourth-order valence-electron chi connectivity index (χ4n) is 4.11. The Bertz CT molecular complexity index is 1720. The van der Waals surface area contributed by atoms with Gasteiger partial charge in [0.2, 0.25) is 5.91 Å². The predicted molar refractivity (Wildman–Crippen MR) is 172 cm³/mol. The van der Waals surface area contributed by atoms with Crippen LogP contribution in [-0.2, 0) is 9.59 Å². The van der Waals surface area contributed by atoms with E-state index in [0.717, 1.165) is 5.56 Å². The minimum Gasteiger partial charge on any atom is -0.496 e. The summed E-state index contributed by atoms with van der Waals surface area (Å²) >= 11 is 1.27. The number of ether oxygens (including phenoxy) is 1. The number of hydrogen-bond donors (Lipinski definition) is 4. The van der Waals surface area contributed by atoms with Gasteiger partial charge in [0.15, 0.2) is 0 Å². The second kappa shape index (κ2) is 14.7. The Balaban J connectivity index is 1.50. The first kappa shape index (κ1) is 31.6. The molecule has 0 aliphatic carbocycles. The van der Waals surface area contributed by atoms with Gasteiger partial charge in [-0.25, -0.2) is 4.79 Å². The van der Waals surface area contributed by atoms with Crippen molar-refractivity contribution < 1.29 is 29.0 Å². The van der Waals surface area contributed by atoms with Gasteiger partial charge in [0.1, 0.15) is 11.4 Å². The van der Waals surface area contributed by atoms with Gasteiger partial charge in [-0.3, -0.25) is 14.4 Å². The molecule has 0 saturated heterocycles. The number of aromatic carboxylic acids is 1. The van der Waals surface area contributed by atoms with Crippen LogP contribution in [0, 0.1) is 6.92 Å². The smallest absolute Gasteiger partial charge is 0.335 e. The maximum absolute atomic E-state index is 13.5. The Kier molecular flexibility index (Phi) is 10.6. The molecule has 9 nitrogen and oxygen atoms in total. The zero-order valence-corrected chi connectivity index (χ0v) is 25.1. The van der Waals surface area contributed by atoms with Crippen LogP contribution in [0.1, 0.15) is 38.8 Å². The molecular weight excluding hydrogens is 578 g/mol. The molecule has 0 heterocycles. The number of thioether (sulfide) groups is 1. The molecule has 0 aliphatic heterocycles. The summed E-state index contributed by atoms with van der Waals surface area (Å²) in [6.45, 7) is 3.51. The summed E-state index contributed by atoms with van der Waals surface area (Å²) in [5, 5.41) is 17.1. The zero-order valence-electron chi connectivity index (χ0n) is 24.3. The molecule has 4 N–H and O–H groups in total. The van der Waals surface area contributed by atoms with Gasteiger partial charge in [-0.1, -0.05) is 48.5 Å². The molecule has 4 aromatic carbocycles. The average molecular weight is 610 g/mol. The minimum absolute atomic E-state index is 0.00751. The lowest BCUT2D eigenvalue weighted by Gasteiger charge is -2.15. The largest absolute Gasteiger partial charge is 0.496 e. The molecule has 4 aromatic rings. The van der Waals surface area contributed by atoms with E-state index in [-0.39, 0.29) is 17.2 Å². The number of rotatable bonds is 11. The number of carboxylic acids is 1. The van der Waals surface area contributed by atoms with Gasteiger partial charge in [-0.2, -0.15) is 0 Å². The maximum Gasteiger partial charge on any atom is 0.335 e. The summed E-state index contributed by atoms with van der Waals surface area (Å²) in [5.74, 6) is -1.86. The first-order valence-electron chi connectivity index (χ1n) is 13.6. The quantitative estimate of drug-likeness (QED) is 0.117. The van der Waals surface area contributed by atoms with Crippen LogP contribution in [0.3, 0.4) is 0 Å². The molecule has 10 heteroatoms. The molecule has 3 amide bonds. The van der Waals surface area contributed by atoms with Gasteiger partial charge in [0.05, 0.1) is 17.9 Å². The lowest BCUT2D eigenvalue weighted by Crippen LogP contribution is -2.30. The first-order valence-corrected chi connectivity index (χ1v) is 14.5. The summed E-state index contributed by atoms with van der Waals surface area (Å²) in [6, 6.07) is 27.2. The number of carbonyl (C=O) groups excluding carboxylic acids is 3. The Labute approximate surface area is 259 Å². The van der Waals surface area contributed by atoms with Crippen molar-refractivity contribution >= 4 is 52.9 Å². The van der Waals surface area contributed by atoms with E-state index in [1.165, 1.54) is 31.0 Å². The summed E-state index contributed by atoms with van der Waals surface area (Å²) in [4.78, 5) is 51.4. The van der Waals surface area contributed by atoms with Gasteiger partial charge in [-0.15, -0.1) is 11.8 Å². The van der Waals surface area contributed by atoms with Crippen molar-refractivity contribution in [2.45, 2.75) is 24.0 Å². The Morgan fingerprint density at radius 1 is 0.841 bits per heavy atom. The predicted octanol–water partition coefficient (Wildman–Crippen LogP) is 6.23. The second-order valence-electron chi connectivity index (χ2n) is 9.69. The van der Waals surface area contributed by atoms with E-state index in [4.69, 9.17) is 4.74 Å². The van der Waals surface area contributed by atoms with E-state index in [9.17, 15) is 24.3 Å². The van der Waals surface area contributed by atoms with Crippen LogP contribution in [-0.4, -0.2) is 41.2 Å². The number of nitrogens with one attached hydrogen (secondary N) is 3. The second-order valence-corrected chi connectivity index (χ2v) is 11.1. The maximum atomic E-state index is 13.5. The summed E-state index contributed by atoms with van der Waals surface area (Å²) in [7, 11) is 1.52. The lowest BCUT2D eigenvalue weighted by atomic mass is 10.1. The molecular formula is C34H31N3O6S. The van der Waals surface area contributed by atoms with E-state index < -0.39 is 23.0 Å². The van der Waals surface area contributed by atoms with Crippen LogP contribution in [0.25, 0.3) is 6.08 Å². The molecule has 0 fully saturated rings. The number of anilines is 2. The monoisotopic (exact) mass is 609 g/mol. The number of aryl methyl sites for hydroxylation is 1. The van der Waals surface area contributed by atoms with Crippen LogP contribution in [0.5, 0.6) is 5.75 Å². The molecule has 0 spiro atoms. The van der Waals surface area contributed by atoms with Crippen LogP contribution in [0.2, 0.25) is 0 Å². The molecule has 0 bridgehead atoms. The third-order valence-corrected chi connectivity index (χ3v) is 7.58. The van der Waals surface area contributed by atoms with Crippen molar-refractivity contribution in [3.8, 4) is 5.75 Å². The highest BCUT2D eigenvalue weighted by molar-refractivity contribution is 8.00. The van der Waals surface area contributed by atoms with Crippen molar-refractivity contribution in [3.05, 3.63) is 125 Å². The number of para-hydroxylation sites is 1. The summed E-state index contributed by atoms with van der Waals surface area (Å²) < 4.78 is 5.42. The van der Waals surface area contributed by atoms with Crippen molar-refractivity contribution in [1.82, 2.24) is 5.32 Å².